The van der Waals surface area contributed by atoms with Crippen molar-refractivity contribution in [3.63, 3.8) is 0 Å². The van der Waals surface area contributed by atoms with Crippen LogP contribution in [0.2, 0.25) is 0 Å². The number of carbonyl (C=O) groups is 1. The fourth-order valence-corrected chi connectivity index (χ4v) is 2.40. The summed E-state index contributed by atoms with van der Waals surface area (Å²) in [4.78, 5) is 11.4. The maximum Gasteiger partial charge on any atom is 0.138 e. The number of hydrogen-bond donors (Lipinski definition) is 0. The summed E-state index contributed by atoms with van der Waals surface area (Å²) in [7, 11) is 0. The van der Waals surface area contributed by atoms with E-state index in [0.29, 0.717) is 29.5 Å². The van der Waals surface area contributed by atoms with E-state index in [-0.39, 0.29) is 0 Å². The third kappa shape index (κ3) is 0.635. The Balaban J connectivity index is 2.11. The molecular formula is C10H10O. The van der Waals surface area contributed by atoms with Gasteiger partial charge in [0.1, 0.15) is 5.78 Å². The zero-order valence-electron chi connectivity index (χ0n) is 6.23. The molecule has 1 saturated carbocycles. The van der Waals surface area contributed by atoms with Crippen molar-refractivity contribution in [3.05, 3.63) is 24.3 Å². The van der Waals surface area contributed by atoms with E-state index in [1.54, 1.807) is 0 Å². The third-order valence-electron chi connectivity index (χ3n) is 3.10. The summed E-state index contributed by atoms with van der Waals surface area (Å²) in [6.07, 6.45) is 9.64. The number of rotatable bonds is 0. The number of Topliss-reactive ketones (excluding diaryl/α,β-unsaturated/α-hetero) is 1. The van der Waals surface area contributed by atoms with Gasteiger partial charge in [0.15, 0.2) is 0 Å². The number of fused-ring (bicyclic) bond motifs is 1. The SMILES string of the molecule is O=C1CC2C=C[C@@H]3C1[C@H]3C=C2. The van der Waals surface area contributed by atoms with Crippen LogP contribution in [0, 0.1) is 23.7 Å². The van der Waals surface area contributed by atoms with Gasteiger partial charge in [0.05, 0.1) is 0 Å². The van der Waals surface area contributed by atoms with Gasteiger partial charge in [-0.3, -0.25) is 4.79 Å². The Morgan fingerprint density at radius 3 is 2.36 bits per heavy atom. The summed E-state index contributed by atoms with van der Waals surface area (Å²) in [5.74, 6) is 2.43. The highest BCUT2D eigenvalue weighted by atomic mass is 16.1. The van der Waals surface area contributed by atoms with Gasteiger partial charge in [0.25, 0.3) is 0 Å². The summed E-state index contributed by atoms with van der Waals surface area (Å²) in [6, 6.07) is 0. The predicted molar refractivity (Wildman–Crippen MR) is 41.9 cm³/mol. The van der Waals surface area contributed by atoms with Gasteiger partial charge in [-0.25, -0.2) is 0 Å². The van der Waals surface area contributed by atoms with Crippen molar-refractivity contribution in [1.82, 2.24) is 0 Å². The molecule has 2 atom stereocenters. The van der Waals surface area contributed by atoms with E-state index in [2.05, 4.69) is 24.3 Å². The van der Waals surface area contributed by atoms with Crippen molar-refractivity contribution in [3.8, 4) is 0 Å². The number of carbonyl (C=O) groups excluding carboxylic acids is 1. The number of hydrogen-bond acceptors (Lipinski definition) is 1. The van der Waals surface area contributed by atoms with E-state index in [4.69, 9.17) is 0 Å². The summed E-state index contributed by atoms with van der Waals surface area (Å²) >= 11 is 0. The summed E-state index contributed by atoms with van der Waals surface area (Å²) in [5.41, 5.74) is 0. The molecule has 1 heteroatoms. The van der Waals surface area contributed by atoms with Crippen molar-refractivity contribution < 1.29 is 4.79 Å². The van der Waals surface area contributed by atoms with Crippen LogP contribution in [0.4, 0.5) is 0 Å². The Labute approximate surface area is 65.8 Å². The largest absolute Gasteiger partial charge is 0.299 e. The second kappa shape index (κ2) is 1.66. The van der Waals surface area contributed by atoms with E-state index in [1.807, 2.05) is 0 Å². The summed E-state index contributed by atoms with van der Waals surface area (Å²) < 4.78 is 0. The average Bonchev–Trinajstić information content (AvgIpc) is 2.64. The molecule has 4 aliphatic carbocycles. The Morgan fingerprint density at radius 2 is 1.73 bits per heavy atom. The zero-order valence-corrected chi connectivity index (χ0v) is 6.23. The highest BCUT2D eigenvalue weighted by Gasteiger charge is 2.53. The molecule has 0 N–H and O–H groups in total. The van der Waals surface area contributed by atoms with Crippen LogP contribution in [0.25, 0.3) is 0 Å². The van der Waals surface area contributed by atoms with Crippen LogP contribution in [0.1, 0.15) is 6.42 Å². The van der Waals surface area contributed by atoms with Gasteiger partial charge in [-0.2, -0.15) is 0 Å². The normalized spacial score (nSPS) is 50.7. The monoisotopic (exact) mass is 146 g/mol. The lowest BCUT2D eigenvalue weighted by Gasteiger charge is -2.00. The quantitative estimate of drug-likeness (QED) is 0.474. The van der Waals surface area contributed by atoms with Crippen LogP contribution in [-0.4, -0.2) is 5.78 Å². The van der Waals surface area contributed by atoms with Gasteiger partial charge >= 0.3 is 0 Å². The molecule has 0 spiro atoms. The topological polar surface area (TPSA) is 17.1 Å². The second-order valence-corrected chi connectivity index (χ2v) is 3.78. The van der Waals surface area contributed by atoms with E-state index < -0.39 is 0 Å². The van der Waals surface area contributed by atoms with Crippen LogP contribution in [0.3, 0.4) is 0 Å². The lowest BCUT2D eigenvalue weighted by Crippen LogP contribution is -2.04. The molecule has 56 valence electrons. The standard InChI is InChI=1S/C10H10O/c11-9-5-6-1-3-7-8(4-2-6)10(7)9/h1-4,6-8,10H,5H2/t6?,7-,8-,10?/m0/s1. The fraction of sp³-hybridized carbons (Fsp3) is 0.500. The molecule has 1 nitrogen and oxygen atoms in total. The first-order chi connectivity index (χ1) is 5.36. The van der Waals surface area contributed by atoms with E-state index in [0.717, 1.165) is 6.42 Å². The van der Waals surface area contributed by atoms with Crippen LogP contribution in [0.5, 0.6) is 0 Å². The third-order valence-corrected chi connectivity index (χ3v) is 3.10. The molecule has 0 aromatic rings. The van der Waals surface area contributed by atoms with Crippen molar-refractivity contribution in [2.45, 2.75) is 6.42 Å². The fourth-order valence-electron chi connectivity index (χ4n) is 2.40. The van der Waals surface area contributed by atoms with Gasteiger partial charge in [-0.05, 0) is 11.8 Å². The second-order valence-electron chi connectivity index (χ2n) is 3.78. The van der Waals surface area contributed by atoms with E-state index >= 15 is 0 Å². The first kappa shape index (κ1) is 5.76. The maximum absolute atomic E-state index is 11.4. The Bertz CT molecular complexity index is 255. The van der Waals surface area contributed by atoms with E-state index in [1.165, 1.54) is 0 Å². The van der Waals surface area contributed by atoms with Gasteiger partial charge in [0, 0.05) is 18.3 Å². The van der Waals surface area contributed by atoms with Crippen LogP contribution >= 0.6 is 0 Å². The molecule has 0 amide bonds. The first-order valence-corrected chi connectivity index (χ1v) is 4.25. The van der Waals surface area contributed by atoms with Gasteiger partial charge in [0.2, 0.25) is 0 Å². The molecule has 0 unspecified atom stereocenters. The summed E-state index contributed by atoms with van der Waals surface area (Å²) in [5, 5.41) is 0. The number of allylic oxidation sites excluding steroid dienone is 4. The molecule has 1 fully saturated rings. The number of ketones is 1. The van der Waals surface area contributed by atoms with Gasteiger partial charge < -0.3 is 0 Å². The molecule has 11 heavy (non-hydrogen) atoms. The van der Waals surface area contributed by atoms with E-state index in [9.17, 15) is 4.79 Å². The molecular weight excluding hydrogens is 136 g/mol. The van der Waals surface area contributed by atoms with Crippen molar-refractivity contribution in [1.29, 1.82) is 0 Å². The van der Waals surface area contributed by atoms with Crippen LogP contribution < -0.4 is 0 Å². The summed E-state index contributed by atoms with van der Waals surface area (Å²) in [6.45, 7) is 0. The molecule has 0 aliphatic heterocycles. The van der Waals surface area contributed by atoms with Gasteiger partial charge in [-0.15, -0.1) is 0 Å². The smallest absolute Gasteiger partial charge is 0.138 e. The highest BCUT2D eigenvalue weighted by Crippen LogP contribution is 2.53. The average molecular weight is 146 g/mol. The lowest BCUT2D eigenvalue weighted by atomic mass is 10.0. The van der Waals surface area contributed by atoms with Crippen LogP contribution in [-0.2, 0) is 4.79 Å². The molecule has 0 saturated heterocycles. The van der Waals surface area contributed by atoms with Crippen molar-refractivity contribution >= 4 is 5.78 Å². The highest BCUT2D eigenvalue weighted by molar-refractivity contribution is 5.87. The minimum Gasteiger partial charge on any atom is -0.299 e. The molecule has 4 rings (SSSR count). The van der Waals surface area contributed by atoms with Crippen LogP contribution in [0.15, 0.2) is 24.3 Å². The first-order valence-electron chi connectivity index (χ1n) is 4.25. The Hall–Kier alpha value is -0.850. The molecule has 0 heterocycles. The predicted octanol–water partition coefficient (Wildman–Crippen LogP) is 1.56. The zero-order chi connectivity index (χ0) is 7.42. The molecule has 4 bridgehead atoms. The molecule has 4 aliphatic rings. The lowest BCUT2D eigenvalue weighted by molar-refractivity contribution is -0.120. The van der Waals surface area contributed by atoms with Crippen molar-refractivity contribution in [2.24, 2.45) is 23.7 Å². The maximum atomic E-state index is 11.4. The van der Waals surface area contributed by atoms with Crippen molar-refractivity contribution in [2.75, 3.05) is 0 Å². The Morgan fingerprint density at radius 1 is 1.09 bits per heavy atom. The molecule has 0 aromatic heterocycles. The molecule has 0 radical (unpaired) electrons. The molecule has 0 aromatic carbocycles. The van der Waals surface area contributed by atoms with Gasteiger partial charge in [-0.1, -0.05) is 24.3 Å². The minimum absolute atomic E-state index is 0.370. The minimum atomic E-state index is 0.370. The Kier molecular flexibility index (Phi) is 0.867.